The molecule has 0 bridgehead atoms. The molecular weight excluding hydrogens is 196 g/mol. The third-order valence-corrected chi connectivity index (χ3v) is 3.30. The molecule has 0 amide bonds. The predicted octanol–water partition coefficient (Wildman–Crippen LogP) is 2.55. The third kappa shape index (κ3) is 0.914. The van der Waals surface area contributed by atoms with Crippen LogP contribution in [0, 0.1) is 0 Å². The Bertz CT molecular complexity index is 618. The van der Waals surface area contributed by atoms with Crippen molar-refractivity contribution in [3.63, 3.8) is 0 Å². The van der Waals surface area contributed by atoms with Crippen molar-refractivity contribution in [2.75, 3.05) is 0 Å². The van der Waals surface area contributed by atoms with E-state index in [0.29, 0.717) is 0 Å². The maximum atomic E-state index is 9.53. The molecular formula is C10H6N2OS. The van der Waals surface area contributed by atoms with E-state index in [4.69, 9.17) is 0 Å². The van der Waals surface area contributed by atoms with Crippen molar-refractivity contribution in [2.45, 2.75) is 0 Å². The van der Waals surface area contributed by atoms with Crippen molar-refractivity contribution in [2.24, 2.45) is 0 Å². The van der Waals surface area contributed by atoms with Gasteiger partial charge in [-0.1, -0.05) is 18.2 Å². The van der Waals surface area contributed by atoms with Crippen molar-refractivity contribution in [3.8, 4) is 5.88 Å². The molecule has 0 aliphatic carbocycles. The molecule has 1 N–H and O–H groups in total. The smallest absolute Gasteiger partial charge is 0.232 e. The van der Waals surface area contributed by atoms with Crippen LogP contribution >= 0.6 is 11.3 Å². The molecule has 1 aromatic carbocycles. The number of nitrogens with zero attached hydrogens (tertiary/aromatic N) is 2. The zero-order valence-electron chi connectivity index (χ0n) is 7.14. The number of hydrogen-bond donors (Lipinski definition) is 1. The Morgan fingerprint density at radius 3 is 2.93 bits per heavy atom. The minimum Gasteiger partial charge on any atom is -0.492 e. The van der Waals surface area contributed by atoms with Gasteiger partial charge in [-0.3, -0.25) is 0 Å². The fourth-order valence-corrected chi connectivity index (χ4v) is 2.56. The molecule has 0 fully saturated rings. The summed E-state index contributed by atoms with van der Waals surface area (Å²) in [5, 5.41) is 10.6. The van der Waals surface area contributed by atoms with E-state index >= 15 is 0 Å². The average Bonchev–Trinajstić information content (AvgIpc) is 2.59. The summed E-state index contributed by atoms with van der Waals surface area (Å²) in [5.74, 6) is 0.0659. The van der Waals surface area contributed by atoms with Gasteiger partial charge in [-0.2, -0.15) is 0 Å². The van der Waals surface area contributed by atoms with Gasteiger partial charge in [-0.25, -0.2) is 9.97 Å². The standard InChI is InChI=1S/C10H6N2OS/c13-10-9-8(11-5-12-10)6-3-1-2-4-7(6)14-9/h1-5H,(H,11,12,13). The molecule has 3 nitrogen and oxygen atoms in total. The lowest BCUT2D eigenvalue weighted by atomic mass is 10.2. The van der Waals surface area contributed by atoms with Gasteiger partial charge in [-0.15, -0.1) is 11.3 Å². The van der Waals surface area contributed by atoms with Crippen molar-refractivity contribution >= 4 is 31.6 Å². The summed E-state index contributed by atoms with van der Waals surface area (Å²) in [4.78, 5) is 7.93. The summed E-state index contributed by atoms with van der Waals surface area (Å²) in [5.41, 5.74) is 0.832. The van der Waals surface area contributed by atoms with E-state index in [-0.39, 0.29) is 5.88 Å². The third-order valence-electron chi connectivity index (χ3n) is 2.14. The zero-order valence-corrected chi connectivity index (χ0v) is 7.95. The van der Waals surface area contributed by atoms with E-state index in [2.05, 4.69) is 9.97 Å². The Kier molecular flexibility index (Phi) is 1.46. The largest absolute Gasteiger partial charge is 0.492 e. The summed E-state index contributed by atoms with van der Waals surface area (Å²) < 4.78 is 1.88. The zero-order chi connectivity index (χ0) is 9.54. The van der Waals surface area contributed by atoms with Crippen LogP contribution < -0.4 is 0 Å². The summed E-state index contributed by atoms with van der Waals surface area (Å²) >= 11 is 1.51. The van der Waals surface area contributed by atoms with Gasteiger partial charge >= 0.3 is 0 Å². The van der Waals surface area contributed by atoms with E-state index in [1.807, 2.05) is 24.3 Å². The van der Waals surface area contributed by atoms with Crippen LogP contribution in [-0.4, -0.2) is 15.1 Å². The maximum Gasteiger partial charge on any atom is 0.232 e. The van der Waals surface area contributed by atoms with E-state index in [1.165, 1.54) is 17.7 Å². The molecule has 0 aliphatic rings. The molecule has 0 radical (unpaired) electrons. The molecule has 2 heterocycles. The Morgan fingerprint density at radius 1 is 1.14 bits per heavy atom. The Morgan fingerprint density at radius 2 is 2.00 bits per heavy atom. The minimum absolute atomic E-state index is 0.0659. The lowest BCUT2D eigenvalue weighted by molar-refractivity contribution is 0.460. The normalized spacial score (nSPS) is 11.1. The van der Waals surface area contributed by atoms with Gasteiger partial charge in [0.2, 0.25) is 5.88 Å². The van der Waals surface area contributed by atoms with Crippen LogP contribution in [0.2, 0.25) is 0 Å². The van der Waals surface area contributed by atoms with Crippen LogP contribution in [0.4, 0.5) is 0 Å². The highest BCUT2D eigenvalue weighted by molar-refractivity contribution is 7.26. The molecule has 0 saturated heterocycles. The van der Waals surface area contributed by atoms with Gasteiger partial charge in [0.1, 0.15) is 11.0 Å². The number of thiophene rings is 1. The van der Waals surface area contributed by atoms with Crippen molar-refractivity contribution < 1.29 is 5.11 Å². The van der Waals surface area contributed by atoms with Gasteiger partial charge in [-0.05, 0) is 6.07 Å². The van der Waals surface area contributed by atoms with Gasteiger partial charge in [0.15, 0.2) is 0 Å². The molecule has 4 heteroatoms. The van der Waals surface area contributed by atoms with E-state index in [9.17, 15) is 5.11 Å². The van der Waals surface area contributed by atoms with Crippen molar-refractivity contribution in [3.05, 3.63) is 30.6 Å². The first-order valence-electron chi connectivity index (χ1n) is 4.17. The lowest BCUT2D eigenvalue weighted by Gasteiger charge is -1.90. The van der Waals surface area contributed by atoms with Crippen LogP contribution in [-0.2, 0) is 0 Å². The minimum atomic E-state index is 0.0659. The number of aromatic hydroxyl groups is 1. The first-order valence-corrected chi connectivity index (χ1v) is 4.99. The molecule has 68 valence electrons. The monoisotopic (exact) mass is 202 g/mol. The summed E-state index contributed by atoms with van der Waals surface area (Å²) in [6.45, 7) is 0. The fraction of sp³-hybridized carbons (Fsp3) is 0. The molecule has 0 unspecified atom stereocenters. The van der Waals surface area contributed by atoms with E-state index in [1.54, 1.807) is 0 Å². The van der Waals surface area contributed by atoms with Gasteiger partial charge in [0, 0.05) is 10.1 Å². The Labute approximate surface area is 83.7 Å². The summed E-state index contributed by atoms with van der Waals surface area (Å²) in [6, 6.07) is 7.96. The van der Waals surface area contributed by atoms with Crippen LogP contribution in [0.15, 0.2) is 30.6 Å². The molecule has 2 aromatic heterocycles. The molecule has 14 heavy (non-hydrogen) atoms. The Balaban J connectivity index is 2.63. The van der Waals surface area contributed by atoms with Crippen LogP contribution in [0.5, 0.6) is 5.88 Å². The fourth-order valence-electron chi connectivity index (χ4n) is 1.51. The number of hydrogen-bond acceptors (Lipinski definition) is 4. The molecule has 0 atom stereocenters. The second kappa shape index (κ2) is 2.65. The van der Waals surface area contributed by atoms with Crippen LogP contribution in [0.25, 0.3) is 20.3 Å². The van der Waals surface area contributed by atoms with Gasteiger partial charge < -0.3 is 5.11 Å². The average molecular weight is 202 g/mol. The molecule has 0 spiro atoms. The van der Waals surface area contributed by atoms with E-state index in [0.717, 1.165) is 20.3 Å². The molecule has 0 saturated carbocycles. The van der Waals surface area contributed by atoms with Crippen molar-refractivity contribution in [1.82, 2.24) is 9.97 Å². The van der Waals surface area contributed by atoms with Gasteiger partial charge in [0.25, 0.3) is 0 Å². The first kappa shape index (κ1) is 7.70. The molecule has 0 aliphatic heterocycles. The van der Waals surface area contributed by atoms with Gasteiger partial charge in [0.05, 0.1) is 5.52 Å². The number of rotatable bonds is 0. The summed E-state index contributed by atoms with van der Waals surface area (Å²) in [7, 11) is 0. The highest BCUT2D eigenvalue weighted by Crippen LogP contribution is 2.35. The predicted molar refractivity (Wildman–Crippen MR) is 56.6 cm³/mol. The number of aromatic nitrogens is 2. The second-order valence-corrected chi connectivity index (χ2v) is 4.03. The summed E-state index contributed by atoms with van der Waals surface area (Å²) in [6.07, 6.45) is 1.39. The Hall–Kier alpha value is -1.68. The van der Waals surface area contributed by atoms with Crippen molar-refractivity contribution in [1.29, 1.82) is 0 Å². The molecule has 3 aromatic rings. The SMILES string of the molecule is Oc1ncnc2c1sc1ccccc12. The van der Waals surface area contributed by atoms with Crippen LogP contribution in [0.3, 0.4) is 0 Å². The maximum absolute atomic E-state index is 9.53. The topological polar surface area (TPSA) is 46.0 Å². The second-order valence-electron chi connectivity index (χ2n) is 2.97. The highest BCUT2D eigenvalue weighted by atomic mass is 32.1. The van der Waals surface area contributed by atoms with E-state index < -0.39 is 0 Å². The number of benzene rings is 1. The lowest BCUT2D eigenvalue weighted by Crippen LogP contribution is -1.77. The number of fused-ring (bicyclic) bond motifs is 3. The molecule has 3 rings (SSSR count). The quantitative estimate of drug-likeness (QED) is 0.609. The van der Waals surface area contributed by atoms with Crippen LogP contribution in [0.1, 0.15) is 0 Å². The highest BCUT2D eigenvalue weighted by Gasteiger charge is 2.08. The first-order chi connectivity index (χ1) is 6.86.